The molecule has 0 amide bonds. The van der Waals surface area contributed by atoms with Gasteiger partial charge in [-0.3, -0.25) is 0 Å². The second-order valence-electron chi connectivity index (χ2n) is 5.96. The van der Waals surface area contributed by atoms with Crippen LogP contribution in [0.2, 0.25) is 0 Å². The number of allylic oxidation sites excluding steroid dienone is 1. The quantitative estimate of drug-likeness (QED) is 0.226. The lowest BCUT2D eigenvalue weighted by Gasteiger charge is -2.06. The molecular weight excluding hydrogens is 319 g/mol. The Morgan fingerprint density at radius 2 is 1.38 bits per heavy atom. The van der Waals surface area contributed by atoms with Crippen molar-refractivity contribution in [2.24, 2.45) is 0 Å². The zero-order valence-corrected chi connectivity index (χ0v) is 14.7. The molecular formula is C17H30BF4N2-. The van der Waals surface area contributed by atoms with Crippen molar-refractivity contribution in [2.45, 2.75) is 77.6 Å². The monoisotopic (exact) mass is 349 g/mol. The molecule has 0 saturated carbocycles. The Kier molecular flexibility index (Phi) is 13.4. The Morgan fingerprint density at radius 3 is 1.79 bits per heavy atom. The third-order valence-electron chi connectivity index (χ3n) is 3.69. The maximum absolute atomic E-state index is 9.75. The number of hydrogen-bond acceptors (Lipinski definition) is 1. The van der Waals surface area contributed by atoms with Gasteiger partial charge in [0.25, 0.3) is 0 Å². The van der Waals surface area contributed by atoms with Crippen LogP contribution >= 0.6 is 0 Å². The molecule has 0 aromatic carbocycles. The molecule has 1 aromatic heterocycles. The number of unbranched alkanes of at least 4 members (excludes halogenated alkanes) is 9. The maximum Gasteiger partial charge on any atom is 0.673 e. The summed E-state index contributed by atoms with van der Waals surface area (Å²) in [7, 11) is -6.00. The van der Waals surface area contributed by atoms with Crippen molar-refractivity contribution in [3.05, 3.63) is 25.3 Å². The molecule has 0 bridgehead atoms. The first-order chi connectivity index (χ1) is 11.3. The van der Waals surface area contributed by atoms with Crippen LogP contribution < -0.4 is 0 Å². The van der Waals surface area contributed by atoms with E-state index in [0.29, 0.717) is 0 Å². The summed E-state index contributed by atoms with van der Waals surface area (Å²) in [6.45, 7) is 6.37. The third-order valence-corrected chi connectivity index (χ3v) is 3.69. The van der Waals surface area contributed by atoms with Crippen LogP contribution in [0.25, 0.3) is 5.70 Å². The molecule has 0 saturated heterocycles. The highest BCUT2D eigenvalue weighted by atomic mass is 19.5. The molecule has 140 valence electrons. The molecule has 0 aliphatic rings. The van der Waals surface area contributed by atoms with Gasteiger partial charge in [-0.25, -0.2) is 4.98 Å². The average Bonchev–Trinajstić information content (AvgIpc) is 3.01. The van der Waals surface area contributed by atoms with Crippen molar-refractivity contribution in [1.29, 1.82) is 0 Å². The fraction of sp³-hybridized carbons (Fsp3) is 0.706. The van der Waals surface area contributed by atoms with Crippen molar-refractivity contribution in [2.75, 3.05) is 0 Å². The highest BCUT2D eigenvalue weighted by molar-refractivity contribution is 6.50. The number of rotatable bonds is 12. The lowest BCUT2D eigenvalue weighted by Crippen LogP contribution is -2.02. The lowest BCUT2D eigenvalue weighted by molar-refractivity contribution is 0.368. The molecule has 0 aliphatic heterocycles. The molecule has 2 nitrogen and oxygen atoms in total. The number of halogens is 4. The minimum Gasteiger partial charge on any atom is -0.418 e. The number of hydrogen-bond donors (Lipinski definition) is 0. The zero-order valence-electron chi connectivity index (χ0n) is 14.7. The highest BCUT2D eigenvalue weighted by Crippen LogP contribution is 2.15. The fourth-order valence-electron chi connectivity index (χ4n) is 2.39. The van der Waals surface area contributed by atoms with Gasteiger partial charge in [0.15, 0.2) is 0 Å². The van der Waals surface area contributed by atoms with Crippen LogP contribution in [0.5, 0.6) is 0 Å². The number of aromatic nitrogens is 2. The smallest absolute Gasteiger partial charge is 0.418 e. The molecule has 0 fully saturated rings. The zero-order chi connectivity index (χ0) is 18.3. The Hall–Kier alpha value is -1.27. The highest BCUT2D eigenvalue weighted by Gasteiger charge is 2.20. The molecule has 24 heavy (non-hydrogen) atoms. The van der Waals surface area contributed by atoms with E-state index in [4.69, 9.17) is 0 Å². The average molecular weight is 349 g/mol. The molecule has 1 aromatic rings. The number of nitrogens with zero attached hydrogens (tertiary/aromatic N) is 2. The Labute approximate surface area is 143 Å². The van der Waals surface area contributed by atoms with Crippen molar-refractivity contribution in [3.8, 4) is 0 Å². The Morgan fingerprint density at radius 1 is 0.917 bits per heavy atom. The van der Waals surface area contributed by atoms with E-state index in [9.17, 15) is 17.3 Å². The van der Waals surface area contributed by atoms with E-state index in [1.165, 1.54) is 64.2 Å². The van der Waals surface area contributed by atoms with Crippen LogP contribution in [-0.4, -0.2) is 16.8 Å². The third kappa shape index (κ3) is 17.1. The topological polar surface area (TPSA) is 17.8 Å². The van der Waals surface area contributed by atoms with E-state index in [1.54, 1.807) is 0 Å². The summed E-state index contributed by atoms with van der Waals surface area (Å²) >= 11 is 0. The van der Waals surface area contributed by atoms with E-state index in [-0.39, 0.29) is 0 Å². The van der Waals surface area contributed by atoms with Gasteiger partial charge in [-0.15, -0.1) is 0 Å². The first-order valence-corrected chi connectivity index (χ1v) is 8.88. The van der Waals surface area contributed by atoms with Gasteiger partial charge in [0.1, 0.15) is 0 Å². The molecule has 0 spiro atoms. The first kappa shape index (κ1) is 22.7. The van der Waals surface area contributed by atoms with Crippen LogP contribution in [0.3, 0.4) is 0 Å². The van der Waals surface area contributed by atoms with Crippen LogP contribution in [0.1, 0.15) is 77.6 Å². The van der Waals surface area contributed by atoms with Gasteiger partial charge < -0.3 is 21.8 Å². The van der Waals surface area contributed by atoms with E-state index in [1.807, 2.05) is 23.3 Å². The standard InChI is InChI=1S/C17H30N2.BF4/c1-3-4-5-6-7-8-9-10-11-12-13-17(2)19-15-14-18-16-19;2-1(3,4)5/h14-16H,2-13H2,1H3;/q;-1. The lowest BCUT2D eigenvalue weighted by atomic mass is 10.1. The SMILES string of the molecule is C=C(CCCCCCCCCCCC)n1ccnc1.F[B-](F)(F)F. The summed E-state index contributed by atoms with van der Waals surface area (Å²) in [6, 6.07) is 0. The maximum atomic E-state index is 9.75. The Bertz CT molecular complexity index is 399. The van der Waals surface area contributed by atoms with Gasteiger partial charge in [0, 0.05) is 18.1 Å². The minimum atomic E-state index is -6.00. The van der Waals surface area contributed by atoms with Crippen molar-refractivity contribution in [1.82, 2.24) is 9.55 Å². The molecule has 0 radical (unpaired) electrons. The molecule has 0 atom stereocenters. The summed E-state index contributed by atoms with van der Waals surface area (Å²) in [5.41, 5.74) is 1.16. The molecule has 1 rings (SSSR count). The van der Waals surface area contributed by atoms with Gasteiger partial charge in [0.05, 0.1) is 6.33 Å². The summed E-state index contributed by atoms with van der Waals surface area (Å²) < 4.78 is 41.0. The van der Waals surface area contributed by atoms with Crippen LogP contribution in [-0.2, 0) is 0 Å². The van der Waals surface area contributed by atoms with Gasteiger partial charge in [-0.1, -0.05) is 71.3 Å². The largest absolute Gasteiger partial charge is 0.673 e. The predicted molar refractivity (Wildman–Crippen MR) is 94.2 cm³/mol. The summed E-state index contributed by atoms with van der Waals surface area (Å²) in [6.07, 6.45) is 20.6. The van der Waals surface area contributed by atoms with Gasteiger partial charge in [-0.05, 0) is 12.8 Å². The van der Waals surface area contributed by atoms with E-state index in [0.717, 1.165) is 12.1 Å². The van der Waals surface area contributed by atoms with E-state index >= 15 is 0 Å². The number of imidazole rings is 1. The second kappa shape index (κ2) is 14.1. The van der Waals surface area contributed by atoms with Crippen LogP contribution in [0, 0.1) is 0 Å². The molecule has 0 N–H and O–H groups in total. The Balaban J connectivity index is 0.000000922. The summed E-state index contributed by atoms with van der Waals surface area (Å²) in [5, 5.41) is 0. The van der Waals surface area contributed by atoms with Crippen molar-refractivity contribution in [3.63, 3.8) is 0 Å². The predicted octanol–water partition coefficient (Wildman–Crippen LogP) is 6.96. The second-order valence-corrected chi connectivity index (χ2v) is 5.96. The van der Waals surface area contributed by atoms with E-state index < -0.39 is 7.25 Å². The molecule has 7 heteroatoms. The van der Waals surface area contributed by atoms with Gasteiger partial charge in [-0.2, -0.15) is 0 Å². The normalized spacial score (nSPS) is 11.0. The molecule has 1 heterocycles. The van der Waals surface area contributed by atoms with Gasteiger partial charge >= 0.3 is 7.25 Å². The summed E-state index contributed by atoms with van der Waals surface area (Å²) in [5.74, 6) is 0. The van der Waals surface area contributed by atoms with Crippen LogP contribution in [0.4, 0.5) is 17.3 Å². The van der Waals surface area contributed by atoms with Crippen LogP contribution in [0.15, 0.2) is 25.3 Å². The molecule has 0 unspecified atom stereocenters. The minimum absolute atomic E-state index is 1.09. The fourth-order valence-corrected chi connectivity index (χ4v) is 2.39. The summed E-state index contributed by atoms with van der Waals surface area (Å²) in [4.78, 5) is 4.04. The first-order valence-electron chi connectivity index (χ1n) is 8.88. The van der Waals surface area contributed by atoms with Gasteiger partial charge in [0.2, 0.25) is 0 Å². The molecule has 0 aliphatic carbocycles. The van der Waals surface area contributed by atoms with E-state index in [2.05, 4.69) is 18.5 Å². The van der Waals surface area contributed by atoms with Crippen molar-refractivity contribution >= 4 is 13.0 Å². The van der Waals surface area contributed by atoms with Crippen molar-refractivity contribution < 1.29 is 17.3 Å².